The first-order chi connectivity index (χ1) is 10.1. The Bertz CT molecular complexity index is 412. The van der Waals surface area contributed by atoms with Crippen molar-refractivity contribution in [2.45, 2.75) is 51.0 Å². The predicted molar refractivity (Wildman–Crippen MR) is 80.4 cm³/mol. The second kappa shape index (κ2) is 6.34. The van der Waals surface area contributed by atoms with E-state index in [1.165, 1.54) is 6.42 Å². The maximum atomic E-state index is 12.5. The van der Waals surface area contributed by atoms with Crippen molar-refractivity contribution < 1.29 is 9.59 Å². The molecule has 1 aliphatic carbocycles. The number of amides is 2. The Balaban J connectivity index is 1.55. The van der Waals surface area contributed by atoms with Crippen LogP contribution < -0.4 is 5.73 Å². The molecule has 3 unspecified atom stereocenters. The lowest BCUT2D eigenvalue weighted by molar-refractivity contribution is -0.140. The summed E-state index contributed by atoms with van der Waals surface area (Å²) in [6.45, 7) is 2.66. The molecular weight excluding hydrogens is 266 g/mol. The molecule has 2 heterocycles. The summed E-state index contributed by atoms with van der Waals surface area (Å²) in [7, 11) is 0. The van der Waals surface area contributed by atoms with E-state index in [4.69, 9.17) is 5.73 Å². The molecule has 0 bridgehead atoms. The van der Waals surface area contributed by atoms with E-state index >= 15 is 0 Å². The van der Waals surface area contributed by atoms with E-state index in [0.717, 1.165) is 51.7 Å². The highest BCUT2D eigenvalue weighted by atomic mass is 16.2. The van der Waals surface area contributed by atoms with Crippen LogP contribution in [0.25, 0.3) is 0 Å². The highest BCUT2D eigenvalue weighted by Crippen LogP contribution is 2.37. The standard InChI is InChI=1S/C16H27N3O2/c17-14-7-6-12-9-19(10-13(12)14)16(21)11-18-8-4-2-1-3-5-15(18)20/h12-14H,1-11,17H2. The fourth-order valence-corrected chi connectivity index (χ4v) is 4.16. The van der Waals surface area contributed by atoms with Gasteiger partial charge in [0, 0.05) is 32.1 Å². The predicted octanol–water partition coefficient (Wildman–Crippen LogP) is 0.975. The van der Waals surface area contributed by atoms with Crippen molar-refractivity contribution in [1.82, 2.24) is 9.80 Å². The zero-order valence-corrected chi connectivity index (χ0v) is 12.8. The minimum atomic E-state index is 0.116. The number of nitrogens with zero attached hydrogens (tertiary/aromatic N) is 2. The quantitative estimate of drug-likeness (QED) is 0.825. The van der Waals surface area contributed by atoms with Gasteiger partial charge in [-0.2, -0.15) is 0 Å². The zero-order chi connectivity index (χ0) is 14.8. The van der Waals surface area contributed by atoms with E-state index in [1.807, 2.05) is 4.90 Å². The normalized spacial score (nSPS) is 33.8. The number of fused-ring (bicyclic) bond motifs is 1. The average molecular weight is 293 g/mol. The van der Waals surface area contributed by atoms with Crippen molar-refractivity contribution in [3.63, 3.8) is 0 Å². The van der Waals surface area contributed by atoms with Crippen molar-refractivity contribution >= 4 is 11.8 Å². The average Bonchev–Trinajstić information content (AvgIpc) is 3.01. The summed E-state index contributed by atoms with van der Waals surface area (Å²) in [6.07, 6.45) is 7.15. The molecule has 0 radical (unpaired) electrons. The van der Waals surface area contributed by atoms with Crippen molar-refractivity contribution in [2.24, 2.45) is 17.6 Å². The Labute approximate surface area is 126 Å². The topological polar surface area (TPSA) is 66.6 Å². The highest BCUT2D eigenvalue weighted by Gasteiger charge is 2.42. The van der Waals surface area contributed by atoms with E-state index in [-0.39, 0.29) is 24.4 Å². The lowest BCUT2D eigenvalue weighted by Crippen LogP contribution is -2.43. The van der Waals surface area contributed by atoms with Gasteiger partial charge in [-0.05, 0) is 37.5 Å². The first-order valence-electron chi connectivity index (χ1n) is 8.46. The van der Waals surface area contributed by atoms with Gasteiger partial charge in [0.15, 0.2) is 0 Å². The third kappa shape index (κ3) is 3.23. The van der Waals surface area contributed by atoms with E-state index in [9.17, 15) is 9.59 Å². The molecule has 118 valence electrons. The Hall–Kier alpha value is -1.10. The molecule has 2 N–H and O–H groups in total. The number of likely N-dealkylation sites (tertiary alicyclic amines) is 2. The number of rotatable bonds is 2. The molecule has 1 saturated carbocycles. The maximum absolute atomic E-state index is 12.5. The first-order valence-corrected chi connectivity index (χ1v) is 8.46. The lowest BCUT2D eigenvalue weighted by atomic mass is 9.98. The summed E-state index contributed by atoms with van der Waals surface area (Å²) < 4.78 is 0. The Morgan fingerprint density at radius 2 is 1.95 bits per heavy atom. The van der Waals surface area contributed by atoms with E-state index < -0.39 is 0 Å². The monoisotopic (exact) mass is 293 g/mol. The van der Waals surface area contributed by atoms with Gasteiger partial charge in [-0.3, -0.25) is 9.59 Å². The van der Waals surface area contributed by atoms with Crippen LogP contribution in [-0.2, 0) is 9.59 Å². The number of carbonyl (C=O) groups is 2. The molecule has 3 atom stereocenters. The van der Waals surface area contributed by atoms with E-state index in [1.54, 1.807) is 4.90 Å². The SMILES string of the molecule is NC1CCC2CN(C(=O)CN3CCCCCCC3=O)CC12. The Morgan fingerprint density at radius 3 is 2.76 bits per heavy atom. The minimum absolute atomic E-state index is 0.116. The van der Waals surface area contributed by atoms with Gasteiger partial charge in [0.25, 0.3) is 0 Å². The molecule has 0 aromatic heterocycles. The Kier molecular flexibility index (Phi) is 4.48. The first kappa shape index (κ1) is 14.8. The summed E-state index contributed by atoms with van der Waals surface area (Å²) in [5.74, 6) is 1.34. The lowest BCUT2D eigenvalue weighted by Gasteiger charge is -2.27. The summed E-state index contributed by atoms with van der Waals surface area (Å²) in [5.41, 5.74) is 6.12. The number of carbonyl (C=O) groups excluding carboxylic acids is 2. The highest BCUT2D eigenvalue weighted by molar-refractivity contribution is 5.85. The molecule has 5 nitrogen and oxygen atoms in total. The summed E-state index contributed by atoms with van der Waals surface area (Å²) in [5, 5.41) is 0. The summed E-state index contributed by atoms with van der Waals surface area (Å²) >= 11 is 0. The molecule has 3 rings (SSSR count). The number of hydrogen-bond acceptors (Lipinski definition) is 3. The minimum Gasteiger partial charge on any atom is -0.341 e. The largest absolute Gasteiger partial charge is 0.341 e. The van der Waals surface area contributed by atoms with Crippen molar-refractivity contribution in [3.05, 3.63) is 0 Å². The van der Waals surface area contributed by atoms with Crippen molar-refractivity contribution in [1.29, 1.82) is 0 Å². The summed E-state index contributed by atoms with van der Waals surface area (Å²) in [4.78, 5) is 28.3. The molecular formula is C16H27N3O2. The molecule has 0 spiro atoms. The van der Waals surface area contributed by atoms with Crippen molar-refractivity contribution in [2.75, 3.05) is 26.2 Å². The number of hydrogen-bond donors (Lipinski definition) is 1. The smallest absolute Gasteiger partial charge is 0.242 e. The van der Waals surface area contributed by atoms with Gasteiger partial charge in [-0.25, -0.2) is 0 Å². The van der Waals surface area contributed by atoms with Gasteiger partial charge in [0.2, 0.25) is 11.8 Å². The van der Waals surface area contributed by atoms with Crippen molar-refractivity contribution in [3.8, 4) is 0 Å². The maximum Gasteiger partial charge on any atom is 0.242 e. The number of nitrogens with two attached hydrogens (primary N) is 1. The van der Waals surface area contributed by atoms with Crippen LogP contribution in [0.4, 0.5) is 0 Å². The molecule has 0 aromatic rings. The second-order valence-corrected chi connectivity index (χ2v) is 6.94. The Morgan fingerprint density at radius 1 is 1.14 bits per heavy atom. The van der Waals surface area contributed by atoms with Crippen LogP contribution in [0.2, 0.25) is 0 Å². The second-order valence-electron chi connectivity index (χ2n) is 6.94. The molecule has 0 aromatic carbocycles. The molecule has 2 saturated heterocycles. The van der Waals surface area contributed by atoms with Crippen LogP contribution in [-0.4, -0.2) is 53.8 Å². The molecule has 3 fully saturated rings. The van der Waals surface area contributed by atoms with Gasteiger partial charge in [-0.15, -0.1) is 0 Å². The zero-order valence-electron chi connectivity index (χ0n) is 12.8. The fourth-order valence-electron chi connectivity index (χ4n) is 4.16. The van der Waals surface area contributed by atoms with Gasteiger partial charge in [0.05, 0.1) is 6.54 Å². The van der Waals surface area contributed by atoms with Crippen LogP contribution in [0.3, 0.4) is 0 Å². The van der Waals surface area contributed by atoms with Gasteiger partial charge in [0.1, 0.15) is 0 Å². The third-order valence-electron chi connectivity index (χ3n) is 5.51. The van der Waals surface area contributed by atoms with Gasteiger partial charge < -0.3 is 15.5 Å². The van der Waals surface area contributed by atoms with Crippen LogP contribution in [0.1, 0.15) is 44.9 Å². The molecule has 2 amide bonds. The third-order valence-corrected chi connectivity index (χ3v) is 5.51. The van der Waals surface area contributed by atoms with Crippen LogP contribution in [0.15, 0.2) is 0 Å². The van der Waals surface area contributed by atoms with Crippen LogP contribution in [0.5, 0.6) is 0 Å². The molecule has 3 aliphatic rings. The van der Waals surface area contributed by atoms with E-state index in [0.29, 0.717) is 18.3 Å². The fraction of sp³-hybridized carbons (Fsp3) is 0.875. The van der Waals surface area contributed by atoms with Gasteiger partial charge >= 0.3 is 0 Å². The molecule has 2 aliphatic heterocycles. The summed E-state index contributed by atoms with van der Waals surface area (Å²) in [6, 6.07) is 0.260. The molecule has 5 heteroatoms. The van der Waals surface area contributed by atoms with Crippen LogP contribution in [0, 0.1) is 11.8 Å². The van der Waals surface area contributed by atoms with Gasteiger partial charge in [-0.1, -0.05) is 12.8 Å². The van der Waals surface area contributed by atoms with Crippen LogP contribution >= 0.6 is 0 Å². The van der Waals surface area contributed by atoms with E-state index in [2.05, 4.69) is 0 Å². The molecule has 21 heavy (non-hydrogen) atoms.